The highest BCUT2D eigenvalue weighted by molar-refractivity contribution is 7.09. The monoisotopic (exact) mass is 300 g/mol. The van der Waals surface area contributed by atoms with Crippen molar-refractivity contribution >= 4 is 17.2 Å². The van der Waals surface area contributed by atoms with Crippen LogP contribution in [0.5, 0.6) is 0 Å². The molecular formula is C17H20N2OS. The predicted octanol–water partition coefficient (Wildman–Crippen LogP) is 3.23. The van der Waals surface area contributed by atoms with Crippen molar-refractivity contribution in [1.29, 1.82) is 0 Å². The molecule has 1 aliphatic rings. The number of nitrogens with one attached hydrogen (secondary N) is 1. The van der Waals surface area contributed by atoms with Crippen LogP contribution in [0.2, 0.25) is 0 Å². The maximum Gasteiger partial charge on any atom is 0.227 e. The Hall–Kier alpha value is -1.68. The maximum absolute atomic E-state index is 12.3. The van der Waals surface area contributed by atoms with Gasteiger partial charge in [0, 0.05) is 24.0 Å². The van der Waals surface area contributed by atoms with Gasteiger partial charge in [0.1, 0.15) is 0 Å². The van der Waals surface area contributed by atoms with Gasteiger partial charge in [-0.2, -0.15) is 0 Å². The first-order chi connectivity index (χ1) is 10.2. The van der Waals surface area contributed by atoms with Gasteiger partial charge in [-0.3, -0.25) is 4.79 Å². The van der Waals surface area contributed by atoms with Crippen molar-refractivity contribution in [2.45, 2.75) is 38.5 Å². The highest BCUT2D eigenvalue weighted by Crippen LogP contribution is 2.32. The van der Waals surface area contributed by atoms with Gasteiger partial charge in [0.25, 0.3) is 0 Å². The topological polar surface area (TPSA) is 42.0 Å². The lowest BCUT2D eigenvalue weighted by molar-refractivity contribution is -0.122. The van der Waals surface area contributed by atoms with E-state index in [0.29, 0.717) is 0 Å². The molecule has 1 aliphatic carbocycles. The van der Waals surface area contributed by atoms with Gasteiger partial charge in [0.2, 0.25) is 5.91 Å². The Labute approximate surface area is 129 Å². The summed E-state index contributed by atoms with van der Waals surface area (Å²) in [5.74, 6) is 0.221. The van der Waals surface area contributed by atoms with Crippen molar-refractivity contribution in [2.24, 2.45) is 0 Å². The summed E-state index contributed by atoms with van der Waals surface area (Å²) in [6.07, 6.45) is 3.86. The van der Waals surface area contributed by atoms with Crippen LogP contribution in [0, 0.1) is 6.92 Å². The molecule has 3 nitrogen and oxygen atoms in total. The summed E-state index contributed by atoms with van der Waals surface area (Å²) in [7, 11) is 0. The molecule has 1 aromatic heterocycles. The number of thiazole rings is 1. The van der Waals surface area contributed by atoms with Gasteiger partial charge in [0.15, 0.2) is 0 Å². The Balaban J connectivity index is 1.47. The van der Waals surface area contributed by atoms with Crippen molar-refractivity contribution in [3.8, 4) is 0 Å². The second-order valence-electron chi connectivity index (χ2n) is 5.57. The SMILES string of the molecule is Cc1csc(CCCNC(=O)C2CCc3ccccc32)n1. The fraction of sp³-hybridized carbons (Fsp3) is 0.412. The Morgan fingerprint density at radius 1 is 1.43 bits per heavy atom. The molecule has 0 saturated heterocycles. The molecule has 0 spiro atoms. The molecule has 1 amide bonds. The fourth-order valence-electron chi connectivity index (χ4n) is 2.92. The van der Waals surface area contributed by atoms with Crippen molar-refractivity contribution < 1.29 is 4.79 Å². The minimum atomic E-state index is 0.0447. The van der Waals surface area contributed by atoms with Crippen LogP contribution in [0.25, 0.3) is 0 Å². The summed E-state index contributed by atoms with van der Waals surface area (Å²) in [5.41, 5.74) is 3.63. The minimum absolute atomic E-state index is 0.0447. The third-order valence-corrected chi connectivity index (χ3v) is 5.01. The predicted molar refractivity (Wildman–Crippen MR) is 85.7 cm³/mol. The molecule has 1 unspecified atom stereocenters. The van der Waals surface area contributed by atoms with E-state index in [0.717, 1.165) is 42.9 Å². The standard InChI is InChI=1S/C17H20N2OS/c1-12-11-21-16(19-12)7-4-10-18-17(20)15-9-8-13-5-2-3-6-14(13)15/h2-3,5-6,11,15H,4,7-10H2,1H3,(H,18,20). The van der Waals surface area contributed by atoms with Gasteiger partial charge in [-0.1, -0.05) is 24.3 Å². The van der Waals surface area contributed by atoms with E-state index in [1.165, 1.54) is 11.1 Å². The van der Waals surface area contributed by atoms with E-state index in [2.05, 4.69) is 33.9 Å². The van der Waals surface area contributed by atoms with E-state index in [4.69, 9.17) is 0 Å². The van der Waals surface area contributed by atoms with Crippen LogP contribution in [0.15, 0.2) is 29.6 Å². The van der Waals surface area contributed by atoms with E-state index >= 15 is 0 Å². The molecule has 0 aliphatic heterocycles. The maximum atomic E-state index is 12.3. The van der Waals surface area contributed by atoms with Crippen LogP contribution < -0.4 is 5.32 Å². The first-order valence-electron chi connectivity index (χ1n) is 7.50. The average Bonchev–Trinajstić information content (AvgIpc) is 3.09. The van der Waals surface area contributed by atoms with E-state index in [1.54, 1.807) is 11.3 Å². The number of aryl methyl sites for hydroxylation is 3. The van der Waals surface area contributed by atoms with Crippen LogP contribution in [0.3, 0.4) is 0 Å². The molecule has 0 saturated carbocycles. The third-order valence-electron chi connectivity index (χ3n) is 3.98. The van der Waals surface area contributed by atoms with Gasteiger partial charge < -0.3 is 5.32 Å². The zero-order valence-electron chi connectivity index (χ0n) is 12.3. The van der Waals surface area contributed by atoms with E-state index in [-0.39, 0.29) is 11.8 Å². The number of rotatable bonds is 5. The summed E-state index contributed by atoms with van der Waals surface area (Å²) in [5, 5.41) is 6.31. The zero-order valence-corrected chi connectivity index (χ0v) is 13.1. The van der Waals surface area contributed by atoms with Crippen molar-refractivity contribution in [2.75, 3.05) is 6.54 Å². The molecule has 1 atom stereocenters. The summed E-state index contributed by atoms with van der Waals surface area (Å²) >= 11 is 1.70. The Kier molecular flexibility index (Phi) is 4.34. The fourth-order valence-corrected chi connectivity index (χ4v) is 3.74. The number of benzene rings is 1. The molecule has 1 N–H and O–H groups in total. The first-order valence-corrected chi connectivity index (χ1v) is 8.38. The van der Waals surface area contributed by atoms with E-state index < -0.39 is 0 Å². The van der Waals surface area contributed by atoms with Gasteiger partial charge >= 0.3 is 0 Å². The lowest BCUT2D eigenvalue weighted by Gasteiger charge is -2.12. The van der Waals surface area contributed by atoms with Crippen molar-refractivity contribution in [1.82, 2.24) is 10.3 Å². The Morgan fingerprint density at radius 2 is 2.29 bits per heavy atom. The molecule has 4 heteroatoms. The van der Waals surface area contributed by atoms with Crippen LogP contribution in [-0.4, -0.2) is 17.4 Å². The van der Waals surface area contributed by atoms with Gasteiger partial charge in [-0.15, -0.1) is 11.3 Å². The smallest absolute Gasteiger partial charge is 0.227 e. The quantitative estimate of drug-likeness (QED) is 0.861. The molecule has 110 valence electrons. The number of carbonyl (C=O) groups is 1. The Morgan fingerprint density at radius 3 is 3.10 bits per heavy atom. The van der Waals surface area contributed by atoms with Gasteiger partial charge in [-0.05, 0) is 37.3 Å². The van der Waals surface area contributed by atoms with Crippen molar-refractivity contribution in [3.05, 3.63) is 51.5 Å². The number of fused-ring (bicyclic) bond motifs is 1. The third kappa shape index (κ3) is 3.32. The van der Waals surface area contributed by atoms with Gasteiger partial charge in [0.05, 0.1) is 10.9 Å². The zero-order chi connectivity index (χ0) is 14.7. The number of amides is 1. The molecule has 0 bridgehead atoms. The number of hydrogen-bond acceptors (Lipinski definition) is 3. The molecule has 2 aromatic rings. The first kappa shape index (κ1) is 14.3. The number of hydrogen-bond donors (Lipinski definition) is 1. The number of carbonyl (C=O) groups excluding carboxylic acids is 1. The molecule has 1 heterocycles. The summed E-state index contributed by atoms with van der Waals surface area (Å²) < 4.78 is 0. The minimum Gasteiger partial charge on any atom is -0.356 e. The lowest BCUT2D eigenvalue weighted by Crippen LogP contribution is -2.29. The molecule has 21 heavy (non-hydrogen) atoms. The highest BCUT2D eigenvalue weighted by atomic mass is 32.1. The lowest BCUT2D eigenvalue weighted by atomic mass is 10.0. The normalized spacial score (nSPS) is 16.7. The molecule has 1 aromatic carbocycles. The van der Waals surface area contributed by atoms with E-state index in [1.807, 2.05) is 13.0 Å². The van der Waals surface area contributed by atoms with Crippen molar-refractivity contribution in [3.63, 3.8) is 0 Å². The molecule has 0 fully saturated rings. The molecule has 3 rings (SSSR count). The van der Waals surface area contributed by atoms with Crippen LogP contribution in [0.1, 0.15) is 40.6 Å². The number of aromatic nitrogens is 1. The summed E-state index contributed by atoms with van der Waals surface area (Å²) in [6.45, 7) is 2.75. The average molecular weight is 300 g/mol. The largest absolute Gasteiger partial charge is 0.356 e. The Bertz CT molecular complexity index is 635. The molecular weight excluding hydrogens is 280 g/mol. The van der Waals surface area contributed by atoms with Crippen LogP contribution in [0.4, 0.5) is 0 Å². The second-order valence-corrected chi connectivity index (χ2v) is 6.51. The van der Waals surface area contributed by atoms with Crippen LogP contribution >= 0.6 is 11.3 Å². The van der Waals surface area contributed by atoms with Gasteiger partial charge in [-0.25, -0.2) is 4.98 Å². The number of nitrogens with zero attached hydrogens (tertiary/aromatic N) is 1. The highest BCUT2D eigenvalue weighted by Gasteiger charge is 2.27. The second kappa shape index (κ2) is 6.39. The van der Waals surface area contributed by atoms with E-state index in [9.17, 15) is 4.79 Å². The van der Waals surface area contributed by atoms with Crippen LogP contribution in [-0.2, 0) is 17.6 Å². The summed E-state index contributed by atoms with van der Waals surface area (Å²) in [6, 6.07) is 8.29. The molecule has 0 radical (unpaired) electrons. The summed E-state index contributed by atoms with van der Waals surface area (Å²) in [4.78, 5) is 16.7.